The van der Waals surface area contributed by atoms with Gasteiger partial charge in [-0.05, 0) is 48.2 Å². The number of hydrogen-bond donors (Lipinski definition) is 1. The standard InChI is InChI=1S/C18H24O5S/c1-3-9-22-17(20)16-11-15(13-7-10-24-12-13)14(6-5-8-19)18(23-16)21-4-2/h3,7,10-12,14-15,18-19H,1,4-6,8-9H2,2H3/t14-,15+,18+/m0/s1. The highest BCUT2D eigenvalue weighted by Crippen LogP contribution is 2.40. The highest BCUT2D eigenvalue weighted by Gasteiger charge is 2.38. The number of thiophene rings is 1. The van der Waals surface area contributed by atoms with Gasteiger partial charge in [0.05, 0.1) is 0 Å². The Morgan fingerprint density at radius 1 is 1.54 bits per heavy atom. The topological polar surface area (TPSA) is 65.0 Å². The van der Waals surface area contributed by atoms with Crippen LogP contribution in [0.25, 0.3) is 0 Å². The molecule has 0 saturated heterocycles. The number of hydrogen-bond acceptors (Lipinski definition) is 6. The van der Waals surface area contributed by atoms with Crippen molar-refractivity contribution in [1.29, 1.82) is 0 Å². The van der Waals surface area contributed by atoms with Crippen LogP contribution in [0.15, 0.2) is 41.3 Å². The Hall–Kier alpha value is -1.63. The highest BCUT2D eigenvalue weighted by atomic mass is 32.1. The van der Waals surface area contributed by atoms with Crippen molar-refractivity contribution in [3.8, 4) is 0 Å². The first-order chi connectivity index (χ1) is 11.7. The van der Waals surface area contributed by atoms with Gasteiger partial charge < -0.3 is 19.3 Å². The molecule has 2 heterocycles. The molecule has 3 atom stereocenters. The summed E-state index contributed by atoms with van der Waals surface area (Å²) in [5.74, 6) is -0.325. The summed E-state index contributed by atoms with van der Waals surface area (Å²) in [7, 11) is 0. The maximum absolute atomic E-state index is 12.2. The van der Waals surface area contributed by atoms with Crippen molar-refractivity contribution in [3.63, 3.8) is 0 Å². The van der Waals surface area contributed by atoms with E-state index in [1.54, 1.807) is 11.3 Å². The van der Waals surface area contributed by atoms with Crippen LogP contribution in [0.4, 0.5) is 0 Å². The molecule has 1 N–H and O–H groups in total. The lowest BCUT2D eigenvalue weighted by atomic mass is 9.82. The van der Waals surface area contributed by atoms with Gasteiger partial charge in [-0.15, -0.1) is 0 Å². The minimum Gasteiger partial charge on any atom is -0.457 e. The molecule has 2 rings (SSSR count). The third kappa shape index (κ3) is 4.69. The first kappa shape index (κ1) is 18.7. The number of allylic oxidation sites excluding steroid dienone is 1. The zero-order valence-electron chi connectivity index (χ0n) is 13.8. The average molecular weight is 352 g/mol. The smallest absolute Gasteiger partial charge is 0.373 e. The third-order valence-electron chi connectivity index (χ3n) is 3.87. The third-order valence-corrected chi connectivity index (χ3v) is 4.57. The summed E-state index contributed by atoms with van der Waals surface area (Å²) in [5.41, 5.74) is 1.12. The predicted octanol–water partition coefficient (Wildman–Crippen LogP) is 3.23. The summed E-state index contributed by atoms with van der Waals surface area (Å²) < 4.78 is 16.6. The van der Waals surface area contributed by atoms with Crippen molar-refractivity contribution in [1.82, 2.24) is 0 Å². The molecule has 0 bridgehead atoms. The SMILES string of the molecule is C=CCOC(=O)C1=C[C@H](c2ccsc2)[C@H](CCCO)[C@H](OCC)O1. The minimum atomic E-state index is -0.539. The van der Waals surface area contributed by atoms with Crippen molar-refractivity contribution in [2.45, 2.75) is 32.0 Å². The lowest BCUT2D eigenvalue weighted by Crippen LogP contribution is -2.36. The van der Waals surface area contributed by atoms with Crippen molar-refractivity contribution >= 4 is 17.3 Å². The Labute approximate surface area is 146 Å². The predicted molar refractivity (Wildman–Crippen MR) is 92.6 cm³/mol. The van der Waals surface area contributed by atoms with Gasteiger partial charge in [0.1, 0.15) is 6.61 Å². The van der Waals surface area contributed by atoms with E-state index in [1.807, 2.05) is 24.4 Å². The number of aliphatic hydroxyl groups is 1. The van der Waals surface area contributed by atoms with E-state index in [0.717, 1.165) is 12.0 Å². The Morgan fingerprint density at radius 3 is 3.00 bits per heavy atom. The molecule has 24 heavy (non-hydrogen) atoms. The minimum absolute atomic E-state index is 0.0145. The Balaban J connectivity index is 2.29. The molecular formula is C18H24O5S. The number of ether oxygens (including phenoxy) is 3. The maximum atomic E-state index is 12.2. The van der Waals surface area contributed by atoms with Crippen molar-refractivity contribution < 1.29 is 24.1 Å². The number of carbonyl (C=O) groups excluding carboxylic acids is 1. The molecule has 0 saturated carbocycles. The zero-order valence-corrected chi connectivity index (χ0v) is 14.7. The molecule has 6 heteroatoms. The van der Waals surface area contributed by atoms with E-state index in [1.165, 1.54) is 6.08 Å². The second-order valence-electron chi connectivity index (χ2n) is 5.47. The quantitative estimate of drug-likeness (QED) is 0.546. The van der Waals surface area contributed by atoms with E-state index in [4.69, 9.17) is 14.2 Å². The zero-order chi connectivity index (χ0) is 17.4. The lowest BCUT2D eigenvalue weighted by Gasteiger charge is -2.36. The fourth-order valence-corrected chi connectivity index (χ4v) is 3.51. The molecule has 0 radical (unpaired) electrons. The van der Waals surface area contributed by atoms with Gasteiger partial charge in [0, 0.05) is 25.0 Å². The molecule has 0 fully saturated rings. The number of carbonyl (C=O) groups is 1. The van der Waals surface area contributed by atoms with Gasteiger partial charge in [-0.25, -0.2) is 4.79 Å². The van der Waals surface area contributed by atoms with E-state index in [-0.39, 0.29) is 30.8 Å². The molecule has 1 aromatic rings. The van der Waals surface area contributed by atoms with Crippen LogP contribution in [0.2, 0.25) is 0 Å². The summed E-state index contributed by atoms with van der Waals surface area (Å²) in [4.78, 5) is 12.2. The molecule has 1 aliphatic rings. The molecule has 132 valence electrons. The Kier molecular flexibility index (Phi) is 7.49. The number of esters is 1. The van der Waals surface area contributed by atoms with Crippen LogP contribution >= 0.6 is 11.3 Å². The summed E-state index contributed by atoms with van der Waals surface area (Å²) >= 11 is 1.61. The van der Waals surface area contributed by atoms with Gasteiger partial charge in [0.25, 0.3) is 0 Å². The molecule has 0 amide bonds. The van der Waals surface area contributed by atoms with Gasteiger partial charge >= 0.3 is 5.97 Å². The molecule has 0 aromatic carbocycles. The van der Waals surface area contributed by atoms with Crippen molar-refractivity contribution in [2.75, 3.05) is 19.8 Å². The summed E-state index contributed by atoms with van der Waals surface area (Å²) in [5, 5.41) is 13.3. The molecule has 1 aromatic heterocycles. The normalized spacial score (nSPS) is 23.2. The van der Waals surface area contributed by atoms with Gasteiger partial charge in [0.15, 0.2) is 0 Å². The lowest BCUT2D eigenvalue weighted by molar-refractivity contribution is -0.175. The molecule has 0 unspecified atom stereocenters. The number of aliphatic hydroxyl groups excluding tert-OH is 1. The highest BCUT2D eigenvalue weighted by molar-refractivity contribution is 7.08. The first-order valence-electron chi connectivity index (χ1n) is 8.12. The van der Waals surface area contributed by atoms with Crippen LogP contribution in [0.3, 0.4) is 0 Å². The molecule has 0 aliphatic carbocycles. The number of rotatable bonds is 9. The molecular weight excluding hydrogens is 328 g/mol. The molecule has 5 nitrogen and oxygen atoms in total. The van der Waals surface area contributed by atoms with Crippen LogP contribution in [0.1, 0.15) is 31.2 Å². The van der Waals surface area contributed by atoms with E-state index < -0.39 is 12.3 Å². The first-order valence-corrected chi connectivity index (χ1v) is 9.06. The monoisotopic (exact) mass is 352 g/mol. The second-order valence-corrected chi connectivity index (χ2v) is 6.25. The van der Waals surface area contributed by atoms with Crippen LogP contribution in [-0.4, -0.2) is 37.2 Å². The largest absolute Gasteiger partial charge is 0.457 e. The summed E-state index contributed by atoms with van der Waals surface area (Å²) in [6, 6.07) is 2.04. The van der Waals surface area contributed by atoms with Crippen LogP contribution in [-0.2, 0) is 19.0 Å². The molecule has 1 aliphatic heterocycles. The van der Waals surface area contributed by atoms with Gasteiger partial charge in [-0.2, -0.15) is 11.3 Å². The van der Waals surface area contributed by atoms with E-state index in [2.05, 4.69) is 12.0 Å². The van der Waals surface area contributed by atoms with Gasteiger partial charge in [-0.3, -0.25) is 0 Å². The Bertz CT molecular complexity index is 552. The van der Waals surface area contributed by atoms with Crippen molar-refractivity contribution in [3.05, 3.63) is 46.9 Å². The fraction of sp³-hybridized carbons (Fsp3) is 0.500. The van der Waals surface area contributed by atoms with Crippen LogP contribution in [0, 0.1) is 5.92 Å². The van der Waals surface area contributed by atoms with Crippen molar-refractivity contribution in [2.24, 2.45) is 5.92 Å². The second kappa shape index (κ2) is 9.61. The summed E-state index contributed by atoms with van der Waals surface area (Å²) in [6.45, 7) is 6.16. The van der Waals surface area contributed by atoms with E-state index >= 15 is 0 Å². The molecule has 0 spiro atoms. The fourth-order valence-electron chi connectivity index (χ4n) is 2.80. The van der Waals surface area contributed by atoms with Gasteiger partial charge in [-0.1, -0.05) is 12.7 Å². The van der Waals surface area contributed by atoms with E-state index in [0.29, 0.717) is 13.0 Å². The summed E-state index contributed by atoms with van der Waals surface area (Å²) in [6.07, 6.45) is 4.19. The average Bonchev–Trinajstić information content (AvgIpc) is 3.12. The Morgan fingerprint density at radius 2 is 2.38 bits per heavy atom. The van der Waals surface area contributed by atoms with Gasteiger partial charge in [0.2, 0.25) is 12.0 Å². The van der Waals surface area contributed by atoms with Crippen LogP contribution in [0.5, 0.6) is 0 Å². The maximum Gasteiger partial charge on any atom is 0.373 e. The van der Waals surface area contributed by atoms with E-state index in [9.17, 15) is 9.90 Å². The van der Waals surface area contributed by atoms with Crippen LogP contribution < -0.4 is 0 Å².